The molecule has 0 amide bonds. The molecule has 0 spiro atoms. The van der Waals surface area contributed by atoms with Gasteiger partial charge in [0.2, 0.25) is 0 Å². The molecule has 1 aliphatic carbocycles. The van der Waals surface area contributed by atoms with E-state index in [0.29, 0.717) is 6.04 Å². The van der Waals surface area contributed by atoms with Crippen LogP contribution in [0.5, 0.6) is 0 Å². The smallest absolute Gasteiger partial charge is 0.0304 e. The minimum atomic E-state index is 0.644. The van der Waals surface area contributed by atoms with Crippen LogP contribution in [0, 0.1) is 0 Å². The predicted octanol–water partition coefficient (Wildman–Crippen LogP) is 2.21. The monoisotopic (exact) mass is 151 g/mol. The molecule has 1 atom stereocenters. The van der Waals surface area contributed by atoms with Crippen LogP contribution in [0.3, 0.4) is 0 Å². The largest absolute Gasteiger partial charge is 0.303 e. The Bertz CT molecular complexity index is 177. The van der Waals surface area contributed by atoms with Gasteiger partial charge < -0.3 is 4.90 Å². The van der Waals surface area contributed by atoms with Gasteiger partial charge in [0.25, 0.3) is 0 Å². The van der Waals surface area contributed by atoms with Gasteiger partial charge in [-0.25, -0.2) is 0 Å². The molecule has 0 aromatic rings. The molecule has 1 heteroatoms. The third kappa shape index (κ3) is 1.93. The molecule has 0 aromatic carbocycles. The van der Waals surface area contributed by atoms with Crippen molar-refractivity contribution in [3.05, 3.63) is 23.8 Å². The lowest BCUT2D eigenvalue weighted by Gasteiger charge is -2.24. The van der Waals surface area contributed by atoms with Gasteiger partial charge in [-0.05, 0) is 32.5 Å². The Hall–Kier alpha value is -0.560. The number of likely N-dealkylation sites (N-methyl/N-ethyl adjacent to an activating group) is 1. The molecule has 1 aliphatic rings. The minimum Gasteiger partial charge on any atom is -0.303 e. The molecule has 1 unspecified atom stereocenters. The average Bonchev–Trinajstić information content (AvgIpc) is 2.40. The molecule has 0 saturated carbocycles. The van der Waals surface area contributed by atoms with Crippen LogP contribution < -0.4 is 0 Å². The first-order chi connectivity index (χ1) is 5.25. The summed E-state index contributed by atoms with van der Waals surface area (Å²) >= 11 is 0. The molecule has 11 heavy (non-hydrogen) atoms. The van der Waals surface area contributed by atoms with Crippen molar-refractivity contribution in [2.24, 2.45) is 0 Å². The number of allylic oxidation sites excluding steroid dienone is 3. The lowest BCUT2D eigenvalue weighted by atomic mass is 10.0. The fraction of sp³-hybridized carbons (Fsp3) is 0.600. The quantitative estimate of drug-likeness (QED) is 0.597. The Morgan fingerprint density at radius 3 is 2.64 bits per heavy atom. The maximum absolute atomic E-state index is 2.29. The van der Waals surface area contributed by atoms with E-state index in [4.69, 9.17) is 0 Å². The lowest BCUT2D eigenvalue weighted by Crippen LogP contribution is -2.28. The Kier molecular flexibility index (Phi) is 2.89. The summed E-state index contributed by atoms with van der Waals surface area (Å²) in [5.41, 5.74) is 1.55. The average molecular weight is 151 g/mol. The zero-order chi connectivity index (χ0) is 8.27. The number of rotatable bonds is 3. The van der Waals surface area contributed by atoms with Crippen LogP contribution in [-0.4, -0.2) is 25.0 Å². The van der Waals surface area contributed by atoms with Gasteiger partial charge in [-0.2, -0.15) is 0 Å². The van der Waals surface area contributed by atoms with Crippen molar-refractivity contribution in [3.63, 3.8) is 0 Å². The van der Waals surface area contributed by atoms with E-state index < -0.39 is 0 Å². The topological polar surface area (TPSA) is 3.24 Å². The van der Waals surface area contributed by atoms with Crippen molar-refractivity contribution >= 4 is 0 Å². The van der Waals surface area contributed by atoms with Gasteiger partial charge in [-0.1, -0.05) is 25.2 Å². The Morgan fingerprint density at radius 1 is 1.55 bits per heavy atom. The Balaban J connectivity index is 2.56. The highest BCUT2D eigenvalue weighted by Gasteiger charge is 2.14. The van der Waals surface area contributed by atoms with Gasteiger partial charge >= 0.3 is 0 Å². The third-order valence-electron chi connectivity index (χ3n) is 2.24. The second-order valence-corrected chi connectivity index (χ2v) is 3.26. The van der Waals surface area contributed by atoms with E-state index in [0.717, 1.165) is 6.42 Å². The van der Waals surface area contributed by atoms with Crippen LogP contribution in [0.4, 0.5) is 0 Å². The molecule has 0 aromatic heterocycles. The number of hydrogen-bond acceptors (Lipinski definition) is 1. The van der Waals surface area contributed by atoms with Gasteiger partial charge in [0.1, 0.15) is 0 Å². The van der Waals surface area contributed by atoms with Crippen LogP contribution >= 0.6 is 0 Å². The Labute approximate surface area is 69.4 Å². The molecule has 0 heterocycles. The zero-order valence-electron chi connectivity index (χ0n) is 7.67. The van der Waals surface area contributed by atoms with Crippen molar-refractivity contribution in [1.29, 1.82) is 0 Å². The van der Waals surface area contributed by atoms with Crippen molar-refractivity contribution in [2.45, 2.75) is 25.8 Å². The summed E-state index contributed by atoms with van der Waals surface area (Å²) in [6.45, 7) is 2.24. The van der Waals surface area contributed by atoms with E-state index in [1.807, 2.05) is 0 Å². The summed E-state index contributed by atoms with van der Waals surface area (Å²) in [7, 11) is 4.29. The molecular weight excluding hydrogens is 134 g/mol. The Morgan fingerprint density at radius 2 is 2.27 bits per heavy atom. The lowest BCUT2D eigenvalue weighted by molar-refractivity contribution is 0.320. The maximum atomic E-state index is 2.29. The van der Waals surface area contributed by atoms with Crippen molar-refractivity contribution in [3.8, 4) is 0 Å². The predicted molar refractivity (Wildman–Crippen MR) is 49.6 cm³/mol. The van der Waals surface area contributed by atoms with Crippen LogP contribution in [0.15, 0.2) is 23.8 Å². The van der Waals surface area contributed by atoms with Crippen LogP contribution in [0.25, 0.3) is 0 Å². The highest BCUT2D eigenvalue weighted by atomic mass is 15.1. The van der Waals surface area contributed by atoms with Gasteiger partial charge in [-0.15, -0.1) is 0 Å². The first-order valence-corrected chi connectivity index (χ1v) is 4.27. The first-order valence-electron chi connectivity index (χ1n) is 4.27. The molecule has 0 bridgehead atoms. The molecule has 62 valence electrons. The molecular formula is C10H17N. The summed E-state index contributed by atoms with van der Waals surface area (Å²) in [6, 6.07) is 0.644. The highest BCUT2D eigenvalue weighted by molar-refractivity contribution is 5.27. The van der Waals surface area contributed by atoms with Gasteiger partial charge in [0.15, 0.2) is 0 Å². The van der Waals surface area contributed by atoms with E-state index in [1.165, 1.54) is 6.42 Å². The zero-order valence-corrected chi connectivity index (χ0v) is 7.67. The summed E-state index contributed by atoms with van der Waals surface area (Å²) in [5.74, 6) is 0. The highest BCUT2D eigenvalue weighted by Crippen LogP contribution is 2.19. The van der Waals surface area contributed by atoms with Crippen LogP contribution in [0.2, 0.25) is 0 Å². The third-order valence-corrected chi connectivity index (χ3v) is 2.24. The summed E-state index contributed by atoms with van der Waals surface area (Å²) < 4.78 is 0. The summed E-state index contributed by atoms with van der Waals surface area (Å²) in [4.78, 5) is 2.29. The fourth-order valence-electron chi connectivity index (χ4n) is 1.67. The van der Waals surface area contributed by atoms with Crippen LogP contribution in [-0.2, 0) is 0 Å². The van der Waals surface area contributed by atoms with Crippen LogP contribution in [0.1, 0.15) is 19.8 Å². The molecule has 0 fully saturated rings. The van der Waals surface area contributed by atoms with E-state index in [2.05, 4.69) is 44.1 Å². The number of hydrogen-bond donors (Lipinski definition) is 0. The van der Waals surface area contributed by atoms with Crippen molar-refractivity contribution in [2.75, 3.05) is 14.1 Å². The maximum Gasteiger partial charge on any atom is 0.0304 e. The van der Waals surface area contributed by atoms with Gasteiger partial charge in [0.05, 0.1) is 0 Å². The molecule has 1 rings (SSSR count). The van der Waals surface area contributed by atoms with Gasteiger partial charge in [-0.3, -0.25) is 0 Å². The van der Waals surface area contributed by atoms with E-state index in [9.17, 15) is 0 Å². The second-order valence-electron chi connectivity index (χ2n) is 3.26. The van der Waals surface area contributed by atoms with Crippen molar-refractivity contribution < 1.29 is 0 Å². The SMILES string of the molecule is CCC(C1=CC=CC1)N(C)C. The van der Waals surface area contributed by atoms with E-state index in [-0.39, 0.29) is 0 Å². The fourth-order valence-corrected chi connectivity index (χ4v) is 1.67. The van der Waals surface area contributed by atoms with Gasteiger partial charge in [0, 0.05) is 6.04 Å². The molecule has 1 nitrogen and oxygen atoms in total. The second kappa shape index (κ2) is 3.72. The molecule has 0 saturated heterocycles. The molecule has 0 N–H and O–H groups in total. The van der Waals surface area contributed by atoms with E-state index >= 15 is 0 Å². The first kappa shape index (κ1) is 8.54. The molecule has 0 aliphatic heterocycles. The summed E-state index contributed by atoms with van der Waals surface area (Å²) in [5, 5.41) is 0. The number of nitrogens with zero attached hydrogens (tertiary/aromatic N) is 1. The molecule has 0 radical (unpaired) electrons. The normalized spacial score (nSPS) is 19.1. The summed E-state index contributed by atoms with van der Waals surface area (Å²) in [6.07, 6.45) is 8.98. The van der Waals surface area contributed by atoms with E-state index in [1.54, 1.807) is 5.57 Å². The van der Waals surface area contributed by atoms with Crippen molar-refractivity contribution in [1.82, 2.24) is 4.90 Å². The minimum absolute atomic E-state index is 0.644. The standard InChI is InChI=1S/C10H17N/c1-4-10(11(2)3)9-7-5-6-8-9/h5-7,10H,4,8H2,1-3H3.